The highest BCUT2D eigenvalue weighted by Gasteiger charge is 2.16. The van der Waals surface area contributed by atoms with Gasteiger partial charge in [0.2, 0.25) is 0 Å². The van der Waals surface area contributed by atoms with Crippen LogP contribution in [0.1, 0.15) is 15.4 Å². The highest BCUT2D eigenvalue weighted by atomic mass is 32.1. The number of carbonyl (C=O) groups excluding carboxylic acids is 1. The zero-order chi connectivity index (χ0) is 23.4. The molecule has 7 nitrogen and oxygen atoms in total. The Morgan fingerprint density at radius 1 is 1.09 bits per heavy atom. The first-order chi connectivity index (χ1) is 15.9. The molecule has 2 aromatic carbocycles. The number of nitrogens with one attached hydrogen (secondary N) is 1. The summed E-state index contributed by atoms with van der Waals surface area (Å²) in [6, 6.07) is 15.2. The van der Waals surface area contributed by atoms with Crippen molar-refractivity contribution in [2.24, 2.45) is 0 Å². The summed E-state index contributed by atoms with van der Waals surface area (Å²) in [6.07, 6.45) is 0. The van der Waals surface area contributed by atoms with Crippen molar-refractivity contribution in [3.05, 3.63) is 93.2 Å². The van der Waals surface area contributed by atoms with E-state index in [1.807, 2.05) is 18.2 Å². The lowest BCUT2D eigenvalue weighted by molar-refractivity contribution is 0.101. The molecule has 10 heteroatoms. The van der Waals surface area contributed by atoms with E-state index in [0.717, 1.165) is 16.8 Å². The zero-order valence-electron chi connectivity index (χ0n) is 17.4. The van der Waals surface area contributed by atoms with Crippen LogP contribution >= 0.6 is 11.3 Å². The molecular formula is C23H18F2N4O3S. The molecule has 168 valence electrons. The van der Waals surface area contributed by atoms with Crippen LogP contribution in [0.5, 0.6) is 5.75 Å². The van der Waals surface area contributed by atoms with Crippen LogP contribution in [0.4, 0.5) is 13.9 Å². The molecule has 0 bridgehead atoms. The van der Waals surface area contributed by atoms with Gasteiger partial charge in [-0.05, 0) is 43.3 Å². The number of hydrogen-bond donors (Lipinski definition) is 1. The van der Waals surface area contributed by atoms with E-state index in [0.29, 0.717) is 21.9 Å². The van der Waals surface area contributed by atoms with E-state index in [9.17, 15) is 18.4 Å². The van der Waals surface area contributed by atoms with Crippen LogP contribution in [0.3, 0.4) is 0 Å². The molecule has 0 aliphatic carbocycles. The van der Waals surface area contributed by atoms with Gasteiger partial charge in [0, 0.05) is 16.5 Å². The first-order valence-electron chi connectivity index (χ1n) is 9.91. The predicted molar refractivity (Wildman–Crippen MR) is 121 cm³/mol. The van der Waals surface area contributed by atoms with E-state index in [2.05, 4.69) is 15.4 Å². The number of ether oxygens (including phenoxy) is 1. The molecule has 0 atom stereocenters. The summed E-state index contributed by atoms with van der Waals surface area (Å²) in [4.78, 5) is 29.8. The lowest BCUT2D eigenvalue weighted by Gasteiger charge is -2.08. The minimum absolute atomic E-state index is 0.0246. The van der Waals surface area contributed by atoms with E-state index in [1.54, 1.807) is 19.1 Å². The second kappa shape index (κ2) is 9.70. The summed E-state index contributed by atoms with van der Waals surface area (Å²) in [7, 11) is 0. The smallest absolute Gasteiger partial charge is 0.277 e. The average Bonchev–Trinajstić information content (AvgIpc) is 3.17. The van der Waals surface area contributed by atoms with Gasteiger partial charge in [0.1, 0.15) is 18.1 Å². The summed E-state index contributed by atoms with van der Waals surface area (Å²) in [5.74, 6) is -1.82. The fraction of sp³-hybridized carbons (Fsp3) is 0.130. The summed E-state index contributed by atoms with van der Waals surface area (Å²) in [5, 5.41) is 7.01. The van der Waals surface area contributed by atoms with Gasteiger partial charge in [0.25, 0.3) is 11.5 Å². The Bertz CT molecular complexity index is 1360. The van der Waals surface area contributed by atoms with Gasteiger partial charge >= 0.3 is 0 Å². The number of carbonyl (C=O) groups is 1. The number of anilines is 1. The second-order valence-corrected chi connectivity index (χ2v) is 8.15. The van der Waals surface area contributed by atoms with Crippen molar-refractivity contribution in [1.82, 2.24) is 14.8 Å². The fourth-order valence-electron chi connectivity index (χ4n) is 3.02. The quantitative estimate of drug-likeness (QED) is 0.438. The van der Waals surface area contributed by atoms with Crippen molar-refractivity contribution in [3.8, 4) is 17.0 Å². The molecule has 2 heterocycles. The Morgan fingerprint density at radius 2 is 1.88 bits per heavy atom. The van der Waals surface area contributed by atoms with Gasteiger partial charge in [-0.25, -0.2) is 18.4 Å². The van der Waals surface area contributed by atoms with Crippen molar-refractivity contribution in [2.45, 2.75) is 13.5 Å². The van der Waals surface area contributed by atoms with Crippen molar-refractivity contribution in [1.29, 1.82) is 0 Å². The number of benzene rings is 2. The molecule has 0 fully saturated rings. The minimum atomic E-state index is -0.979. The minimum Gasteiger partial charge on any atom is -0.492 e. The normalized spacial score (nSPS) is 10.8. The SMILES string of the molecule is Cc1sc(NC(=O)c2ccc(=O)n(CCOc3ccccc3)n2)nc1-c1ccc(F)c(F)c1. The van der Waals surface area contributed by atoms with E-state index in [4.69, 9.17) is 4.74 Å². The number of para-hydroxylation sites is 1. The molecule has 0 spiro atoms. The number of rotatable bonds is 7. The maximum Gasteiger partial charge on any atom is 0.277 e. The number of aromatic nitrogens is 3. The van der Waals surface area contributed by atoms with Crippen molar-refractivity contribution < 1.29 is 18.3 Å². The molecule has 0 saturated heterocycles. The van der Waals surface area contributed by atoms with Gasteiger partial charge in [0.05, 0.1) is 12.2 Å². The lowest BCUT2D eigenvalue weighted by atomic mass is 10.1. The van der Waals surface area contributed by atoms with Crippen molar-refractivity contribution >= 4 is 22.4 Å². The molecule has 0 aliphatic rings. The van der Waals surface area contributed by atoms with Gasteiger partial charge in [-0.2, -0.15) is 5.10 Å². The van der Waals surface area contributed by atoms with E-state index in [-0.39, 0.29) is 29.5 Å². The molecule has 1 amide bonds. The standard InChI is InChI=1S/C23H18F2N4O3S/c1-14-21(15-7-8-17(24)18(25)13-15)26-23(33-14)27-22(31)19-9-10-20(30)29(28-19)11-12-32-16-5-3-2-4-6-16/h2-10,13H,11-12H2,1H3,(H,26,27,31). The van der Waals surface area contributed by atoms with Crippen LogP contribution in [0.15, 0.2) is 65.5 Å². The Kier molecular flexibility index (Phi) is 6.55. The number of thiazole rings is 1. The molecular weight excluding hydrogens is 450 g/mol. The number of halogens is 2. The van der Waals surface area contributed by atoms with E-state index >= 15 is 0 Å². The van der Waals surface area contributed by atoms with Gasteiger partial charge in [0.15, 0.2) is 16.8 Å². The van der Waals surface area contributed by atoms with Crippen molar-refractivity contribution in [2.75, 3.05) is 11.9 Å². The van der Waals surface area contributed by atoms with Gasteiger partial charge in [-0.3, -0.25) is 14.9 Å². The third-order valence-corrected chi connectivity index (χ3v) is 5.51. The predicted octanol–water partition coefficient (Wildman–Crippen LogP) is 4.28. The number of aryl methyl sites for hydroxylation is 1. The Balaban J connectivity index is 1.46. The molecule has 0 unspecified atom stereocenters. The number of amides is 1. The topological polar surface area (TPSA) is 86.1 Å². The first kappa shape index (κ1) is 22.3. The number of hydrogen-bond acceptors (Lipinski definition) is 6. The van der Waals surface area contributed by atoms with Crippen LogP contribution in [-0.4, -0.2) is 27.3 Å². The number of nitrogens with zero attached hydrogens (tertiary/aromatic N) is 3. The Hall–Kier alpha value is -3.92. The highest BCUT2D eigenvalue weighted by molar-refractivity contribution is 7.16. The molecule has 0 saturated carbocycles. The van der Waals surface area contributed by atoms with Gasteiger partial charge < -0.3 is 4.74 Å². The molecule has 33 heavy (non-hydrogen) atoms. The summed E-state index contributed by atoms with van der Waals surface area (Å²) >= 11 is 1.19. The van der Waals surface area contributed by atoms with Gasteiger partial charge in [-0.1, -0.05) is 18.2 Å². The Labute approximate surface area is 191 Å². The average molecular weight is 468 g/mol. The molecule has 4 aromatic rings. The monoisotopic (exact) mass is 468 g/mol. The maximum atomic E-state index is 13.6. The molecule has 1 N–H and O–H groups in total. The summed E-state index contributed by atoms with van der Waals surface area (Å²) in [6.45, 7) is 2.12. The van der Waals surface area contributed by atoms with Crippen LogP contribution in [0.25, 0.3) is 11.3 Å². The van der Waals surface area contributed by atoms with Crippen LogP contribution in [-0.2, 0) is 6.54 Å². The zero-order valence-corrected chi connectivity index (χ0v) is 18.2. The molecule has 0 aliphatic heterocycles. The van der Waals surface area contributed by atoms with Crippen LogP contribution < -0.4 is 15.6 Å². The first-order valence-corrected chi connectivity index (χ1v) is 10.7. The van der Waals surface area contributed by atoms with E-state index in [1.165, 1.54) is 29.5 Å². The highest BCUT2D eigenvalue weighted by Crippen LogP contribution is 2.31. The van der Waals surface area contributed by atoms with E-state index < -0.39 is 17.5 Å². The lowest BCUT2D eigenvalue weighted by Crippen LogP contribution is -2.28. The molecule has 0 radical (unpaired) electrons. The second-order valence-electron chi connectivity index (χ2n) is 6.95. The molecule has 2 aromatic heterocycles. The summed E-state index contributed by atoms with van der Waals surface area (Å²) < 4.78 is 33.5. The maximum absolute atomic E-state index is 13.6. The van der Waals surface area contributed by atoms with Crippen LogP contribution in [0, 0.1) is 18.6 Å². The third-order valence-electron chi connectivity index (χ3n) is 4.62. The third kappa shape index (κ3) is 5.29. The Morgan fingerprint density at radius 3 is 2.64 bits per heavy atom. The fourth-order valence-corrected chi connectivity index (χ4v) is 3.85. The van der Waals surface area contributed by atoms with Crippen molar-refractivity contribution in [3.63, 3.8) is 0 Å². The van der Waals surface area contributed by atoms with Gasteiger partial charge in [-0.15, -0.1) is 11.3 Å². The van der Waals surface area contributed by atoms with Crippen LogP contribution in [0.2, 0.25) is 0 Å². The largest absolute Gasteiger partial charge is 0.492 e. The molecule has 4 rings (SSSR count). The summed E-state index contributed by atoms with van der Waals surface area (Å²) in [5.41, 5.74) is 0.490.